The van der Waals surface area contributed by atoms with E-state index in [1.54, 1.807) is 6.20 Å². The van der Waals surface area contributed by atoms with E-state index in [0.29, 0.717) is 6.54 Å². The summed E-state index contributed by atoms with van der Waals surface area (Å²) in [7, 11) is 0. The van der Waals surface area contributed by atoms with Crippen LogP contribution in [0, 0.1) is 0 Å². The average Bonchev–Trinajstić information content (AvgIpc) is 2.46. The molecule has 5 heteroatoms. The fraction of sp³-hybridized carbons (Fsp3) is 0.571. The minimum Gasteiger partial charge on any atom is -0.341 e. The number of hydrogen-bond acceptors (Lipinski definition) is 3. The van der Waals surface area contributed by atoms with E-state index in [0.717, 1.165) is 36.1 Å². The van der Waals surface area contributed by atoms with Crippen LogP contribution in [-0.2, 0) is 11.3 Å². The Morgan fingerprint density at radius 1 is 1.42 bits per heavy atom. The van der Waals surface area contributed by atoms with E-state index in [-0.39, 0.29) is 11.9 Å². The number of halogens is 1. The molecule has 1 aromatic heterocycles. The Kier molecular flexibility index (Phi) is 5.34. The maximum atomic E-state index is 12.2. The van der Waals surface area contributed by atoms with E-state index in [1.165, 1.54) is 6.42 Å². The van der Waals surface area contributed by atoms with Gasteiger partial charge in [0.2, 0.25) is 5.91 Å². The number of carbonyl (C=O) groups is 1. The zero-order chi connectivity index (χ0) is 13.7. The lowest BCUT2D eigenvalue weighted by molar-refractivity contribution is -0.133. The molecule has 1 aromatic rings. The lowest BCUT2D eigenvalue weighted by Crippen LogP contribution is -2.46. The average molecular weight is 326 g/mol. The minimum atomic E-state index is -0.149. The number of nitrogens with zero attached hydrogens (tertiary/aromatic N) is 2. The quantitative estimate of drug-likeness (QED) is 0.924. The number of rotatable bonds is 4. The van der Waals surface area contributed by atoms with Crippen LogP contribution in [0.15, 0.2) is 22.8 Å². The van der Waals surface area contributed by atoms with Crippen LogP contribution in [0.25, 0.3) is 0 Å². The lowest BCUT2D eigenvalue weighted by Gasteiger charge is -2.29. The number of aromatic nitrogens is 1. The second-order valence-corrected chi connectivity index (χ2v) is 5.87. The van der Waals surface area contributed by atoms with E-state index in [2.05, 4.69) is 26.2 Å². The van der Waals surface area contributed by atoms with Crippen molar-refractivity contribution in [2.45, 2.75) is 38.8 Å². The van der Waals surface area contributed by atoms with Gasteiger partial charge in [-0.05, 0) is 54.2 Å². The Hall–Kier alpha value is -0.940. The van der Waals surface area contributed by atoms with Crippen LogP contribution >= 0.6 is 15.9 Å². The van der Waals surface area contributed by atoms with E-state index in [4.69, 9.17) is 0 Å². The first-order valence-corrected chi connectivity index (χ1v) is 7.59. The monoisotopic (exact) mass is 325 g/mol. The molecule has 1 amide bonds. The minimum absolute atomic E-state index is 0.149. The Morgan fingerprint density at radius 3 is 2.79 bits per heavy atom. The van der Waals surface area contributed by atoms with Crippen molar-refractivity contribution in [1.82, 2.24) is 15.2 Å². The van der Waals surface area contributed by atoms with Crippen LogP contribution < -0.4 is 5.32 Å². The Labute approximate surface area is 122 Å². The molecule has 0 aliphatic carbocycles. The van der Waals surface area contributed by atoms with Gasteiger partial charge < -0.3 is 10.2 Å². The van der Waals surface area contributed by atoms with Crippen molar-refractivity contribution in [3.63, 3.8) is 0 Å². The second kappa shape index (κ2) is 7.01. The molecule has 0 aromatic carbocycles. The van der Waals surface area contributed by atoms with Gasteiger partial charge in [0, 0.05) is 30.3 Å². The van der Waals surface area contributed by atoms with Gasteiger partial charge >= 0.3 is 0 Å². The Balaban J connectivity index is 1.81. The van der Waals surface area contributed by atoms with Crippen LogP contribution in [-0.4, -0.2) is 34.9 Å². The summed E-state index contributed by atoms with van der Waals surface area (Å²) in [5, 5.41) is 3.25. The summed E-state index contributed by atoms with van der Waals surface area (Å²) in [5.74, 6) is 0.205. The zero-order valence-electron chi connectivity index (χ0n) is 11.2. The van der Waals surface area contributed by atoms with Gasteiger partial charge in [-0.2, -0.15) is 0 Å². The molecule has 104 valence electrons. The summed E-state index contributed by atoms with van der Waals surface area (Å²) in [6, 6.07) is 3.76. The molecule has 1 aliphatic heterocycles. The topological polar surface area (TPSA) is 45.2 Å². The molecule has 0 bridgehead atoms. The fourth-order valence-electron chi connectivity index (χ4n) is 2.24. The number of carbonyl (C=O) groups excluding carboxylic acids is 1. The molecule has 1 fully saturated rings. The van der Waals surface area contributed by atoms with Crippen molar-refractivity contribution in [1.29, 1.82) is 0 Å². The maximum absolute atomic E-state index is 12.2. The number of nitrogens with one attached hydrogen (secondary N) is 1. The number of piperidine rings is 1. The summed E-state index contributed by atoms with van der Waals surface area (Å²) in [5.41, 5.74) is 0.946. The number of hydrogen-bond donors (Lipinski definition) is 1. The van der Waals surface area contributed by atoms with Gasteiger partial charge in [-0.1, -0.05) is 0 Å². The van der Waals surface area contributed by atoms with Crippen LogP contribution in [0.2, 0.25) is 0 Å². The summed E-state index contributed by atoms with van der Waals surface area (Å²) in [6.07, 6.45) is 5.28. The lowest BCUT2D eigenvalue weighted by atomic mass is 10.1. The molecular formula is C14H20BrN3O. The molecule has 19 heavy (non-hydrogen) atoms. The first-order valence-electron chi connectivity index (χ1n) is 6.79. The summed E-state index contributed by atoms with van der Waals surface area (Å²) >= 11 is 3.36. The van der Waals surface area contributed by atoms with Gasteiger partial charge in [0.25, 0.3) is 0 Å². The molecule has 1 N–H and O–H groups in total. The standard InChI is InChI=1S/C14H20BrN3O/c1-11(14(19)18-7-3-2-4-8-18)16-10-13-6-5-12(15)9-17-13/h5-6,9,11,16H,2-4,7-8,10H2,1H3. The number of likely N-dealkylation sites (tertiary alicyclic amines) is 1. The van der Waals surface area contributed by atoms with Crippen LogP contribution in [0.5, 0.6) is 0 Å². The van der Waals surface area contributed by atoms with Crippen LogP contribution in [0.1, 0.15) is 31.9 Å². The van der Waals surface area contributed by atoms with Gasteiger partial charge in [0.1, 0.15) is 0 Å². The highest BCUT2D eigenvalue weighted by Crippen LogP contribution is 2.10. The zero-order valence-corrected chi connectivity index (χ0v) is 12.8. The summed E-state index contributed by atoms with van der Waals surface area (Å²) in [4.78, 5) is 18.5. The molecule has 2 heterocycles. The first kappa shape index (κ1) is 14.5. The van der Waals surface area contributed by atoms with Gasteiger partial charge in [-0.15, -0.1) is 0 Å². The maximum Gasteiger partial charge on any atom is 0.239 e. The molecule has 2 rings (SSSR count). The normalized spacial score (nSPS) is 17.3. The molecule has 1 saturated heterocycles. The van der Waals surface area contributed by atoms with Gasteiger partial charge in [-0.25, -0.2) is 0 Å². The van der Waals surface area contributed by atoms with Crippen molar-refractivity contribution in [2.24, 2.45) is 0 Å². The van der Waals surface area contributed by atoms with E-state index >= 15 is 0 Å². The van der Waals surface area contributed by atoms with Crippen molar-refractivity contribution in [2.75, 3.05) is 13.1 Å². The molecule has 1 unspecified atom stereocenters. The van der Waals surface area contributed by atoms with Crippen LogP contribution in [0.3, 0.4) is 0 Å². The molecule has 0 radical (unpaired) electrons. The second-order valence-electron chi connectivity index (χ2n) is 4.96. The van der Waals surface area contributed by atoms with Gasteiger partial charge in [-0.3, -0.25) is 9.78 Å². The Bertz CT molecular complexity index is 415. The highest BCUT2D eigenvalue weighted by molar-refractivity contribution is 9.10. The third-order valence-corrected chi connectivity index (χ3v) is 3.89. The predicted octanol–water partition coefficient (Wildman–Crippen LogP) is 2.33. The smallest absolute Gasteiger partial charge is 0.239 e. The van der Waals surface area contributed by atoms with Crippen molar-refractivity contribution in [3.8, 4) is 0 Å². The van der Waals surface area contributed by atoms with E-state index < -0.39 is 0 Å². The first-order chi connectivity index (χ1) is 9.16. The van der Waals surface area contributed by atoms with E-state index in [9.17, 15) is 4.79 Å². The SMILES string of the molecule is CC(NCc1ccc(Br)cn1)C(=O)N1CCCCC1. The van der Waals surface area contributed by atoms with Crippen molar-refractivity contribution >= 4 is 21.8 Å². The number of pyridine rings is 1. The van der Waals surface area contributed by atoms with Crippen molar-refractivity contribution in [3.05, 3.63) is 28.5 Å². The van der Waals surface area contributed by atoms with E-state index in [1.807, 2.05) is 24.0 Å². The fourth-order valence-corrected chi connectivity index (χ4v) is 2.48. The third-order valence-electron chi connectivity index (χ3n) is 3.42. The summed E-state index contributed by atoms with van der Waals surface area (Å²) < 4.78 is 0.966. The molecule has 0 saturated carbocycles. The molecular weight excluding hydrogens is 306 g/mol. The van der Waals surface area contributed by atoms with Gasteiger partial charge in [0.05, 0.1) is 11.7 Å². The summed E-state index contributed by atoms with van der Waals surface area (Å²) in [6.45, 7) is 4.35. The largest absolute Gasteiger partial charge is 0.341 e. The van der Waals surface area contributed by atoms with Crippen molar-refractivity contribution < 1.29 is 4.79 Å². The highest BCUT2D eigenvalue weighted by atomic mass is 79.9. The van der Waals surface area contributed by atoms with Gasteiger partial charge in [0.15, 0.2) is 0 Å². The molecule has 4 nitrogen and oxygen atoms in total. The molecule has 1 atom stereocenters. The molecule has 1 aliphatic rings. The third kappa shape index (κ3) is 4.28. The highest BCUT2D eigenvalue weighted by Gasteiger charge is 2.21. The molecule has 0 spiro atoms. The Morgan fingerprint density at radius 2 is 2.16 bits per heavy atom. The predicted molar refractivity (Wildman–Crippen MR) is 78.7 cm³/mol. The number of amides is 1. The van der Waals surface area contributed by atoms with Crippen LogP contribution in [0.4, 0.5) is 0 Å².